The molecule has 0 amide bonds. The summed E-state index contributed by atoms with van der Waals surface area (Å²) in [5, 5.41) is 3.04. The summed E-state index contributed by atoms with van der Waals surface area (Å²) >= 11 is 0.0267. The Balaban J connectivity index is 2.30. The van der Waals surface area contributed by atoms with Crippen LogP contribution in [0.5, 0.6) is 0 Å². The van der Waals surface area contributed by atoms with Crippen LogP contribution in [-0.4, -0.2) is 19.1 Å². The first kappa shape index (κ1) is 16.7. The highest BCUT2D eigenvalue weighted by molar-refractivity contribution is 8.00. The second kappa shape index (κ2) is 7.05. The molecule has 1 aromatic rings. The molecule has 0 radical (unpaired) electrons. The Morgan fingerprint density at radius 1 is 1.29 bits per heavy atom. The Bertz CT molecular complexity index is 467. The molecule has 2 rings (SSSR count). The number of rotatable bonds is 5. The third kappa shape index (κ3) is 4.65. The fourth-order valence-electron chi connectivity index (χ4n) is 3.10. The summed E-state index contributed by atoms with van der Waals surface area (Å²) in [6.45, 7) is 2.63. The van der Waals surface area contributed by atoms with E-state index in [4.69, 9.17) is 0 Å². The predicted octanol–water partition coefficient (Wildman–Crippen LogP) is 5.28. The van der Waals surface area contributed by atoms with E-state index >= 15 is 0 Å². The first-order chi connectivity index (χ1) is 9.90. The summed E-state index contributed by atoms with van der Waals surface area (Å²) in [4.78, 5) is 0.370. The molecule has 0 bridgehead atoms. The van der Waals surface area contributed by atoms with Crippen molar-refractivity contribution in [3.63, 3.8) is 0 Å². The zero-order valence-electron chi connectivity index (χ0n) is 12.5. The van der Waals surface area contributed by atoms with Gasteiger partial charge in [0.25, 0.3) is 0 Å². The number of likely N-dealkylation sites (N-methyl/N-ethyl adjacent to an activating group) is 1. The Morgan fingerprint density at radius 2 is 1.95 bits per heavy atom. The Labute approximate surface area is 128 Å². The van der Waals surface area contributed by atoms with Gasteiger partial charge in [-0.25, -0.2) is 0 Å². The normalized spacial score (nSPS) is 18.1. The number of nitrogens with one attached hydrogen (secondary N) is 1. The third-order valence-corrected chi connectivity index (χ3v) is 4.94. The molecular weight excluding hydrogens is 295 g/mol. The zero-order chi connectivity index (χ0) is 15.5. The molecule has 0 saturated heterocycles. The molecule has 1 fully saturated rings. The summed E-state index contributed by atoms with van der Waals surface area (Å²) in [6.07, 6.45) is 4.57. The van der Waals surface area contributed by atoms with Crippen LogP contribution < -0.4 is 5.32 Å². The minimum Gasteiger partial charge on any atom is -0.319 e. The molecule has 0 spiro atoms. The lowest BCUT2D eigenvalue weighted by atomic mass is 9.93. The lowest BCUT2D eigenvalue weighted by molar-refractivity contribution is -0.0328. The summed E-state index contributed by atoms with van der Waals surface area (Å²) in [5.41, 5.74) is -2.38. The molecule has 0 heterocycles. The standard InChI is InChI=1S/C16H22F3NS/c1-11(10-20-2)14-8-7-13(12-5-3-4-6-12)9-15(14)21-16(17,18)19/h7-9,11-12,20H,3-6,10H2,1-2H3. The van der Waals surface area contributed by atoms with Gasteiger partial charge in [0, 0.05) is 11.4 Å². The monoisotopic (exact) mass is 317 g/mol. The molecule has 1 nitrogen and oxygen atoms in total. The van der Waals surface area contributed by atoms with Crippen molar-refractivity contribution in [3.05, 3.63) is 29.3 Å². The maximum atomic E-state index is 12.8. The first-order valence-electron chi connectivity index (χ1n) is 7.45. The molecule has 1 unspecified atom stereocenters. The fraction of sp³-hybridized carbons (Fsp3) is 0.625. The molecule has 1 N–H and O–H groups in total. The van der Waals surface area contributed by atoms with Gasteiger partial charge in [0.05, 0.1) is 0 Å². The van der Waals surface area contributed by atoms with E-state index in [0.29, 0.717) is 17.4 Å². The second-order valence-electron chi connectivity index (χ2n) is 5.79. The van der Waals surface area contributed by atoms with Crippen LogP contribution in [0.25, 0.3) is 0 Å². The predicted molar refractivity (Wildman–Crippen MR) is 81.9 cm³/mol. The van der Waals surface area contributed by atoms with Crippen molar-refractivity contribution in [1.29, 1.82) is 0 Å². The molecule has 1 aliphatic rings. The van der Waals surface area contributed by atoms with Crippen molar-refractivity contribution in [2.45, 2.75) is 54.8 Å². The molecule has 1 saturated carbocycles. The van der Waals surface area contributed by atoms with Gasteiger partial charge in [-0.3, -0.25) is 0 Å². The summed E-state index contributed by atoms with van der Waals surface area (Å²) in [6, 6.07) is 5.69. The van der Waals surface area contributed by atoms with Crippen molar-refractivity contribution in [2.24, 2.45) is 0 Å². The second-order valence-corrected chi connectivity index (χ2v) is 6.89. The first-order valence-corrected chi connectivity index (χ1v) is 8.26. The number of alkyl halides is 3. The van der Waals surface area contributed by atoms with E-state index in [1.165, 1.54) is 12.8 Å². The van der Waals surface area contributed by atoms with E-state index in [-0.39, 0.29) is 17.7 Å². The maximum Gasteiger partial charge on any atom is 0.446 e. The van der Waals surface area contributed by atoms with Crippen LogP contribution in [0, 0.1) is 0 Å². The lowest BCUT2D eigenvalue weighted by Gasteiger charge is -2.19. The third-order valence-electron chi connectivity index (χ3n) is 4.13. The molecule has 0 aromatic heterocycles. The van der Waals surface area contributed by atoms with Crippen LogP contribution in [-0.2, 0) is 0 Å². The van der Waals surface area contributed by atoms with E-state index in [9.17, 15) is 13.2 Å². The maximum absolute atomic E-state index is 12.8. The highest BCUT2D eigenvalue weighted by Gasteiger charge is 2.31. The van der Waals surface area contributed by atoms with Gasteiger partial charge in [-0.05, 0) is 60.7 Å². The number of hydrogen-bond acceptors (Lipinski definition) is 2. The average Bonchev–Trinajstić information content (AvgIpc) is 2.90. The van der Waals surface area contributed by atoms with E-state index in [1.54, 1.807) is 6.07 Å². The van der Waals surface area contributed by atoms with Gasteiger partial charge in [-0.2, -0.15) is 13.2 Å². The quantitative estimate of drug-likeness (QED) is 0.742. The van der Waals surface area contributed by atoms with Gasteiger partial charge in [-0.1, -0.05) is 31.9 Å². The number of thioether (sulfide) groups is 1. The smallest absolute Gasteiger partial charge is 0.319 e. The van der Waals surface area contributed by atoms with E-state index < -0.39 is 5.51 Å². The van der Waals surface area contributed by atoms with E-state index in [0.717, 1.165) is 24.0 Å². The van der Waals surface area contributed by atoms with Crippen LogP contribution >= 0.6 is 11.8 Å². The van der Waals surface area contributed by atoms with Gasteiger partial charge in [0.1, 0.15) is 0 Å². The molecule has 1 aliphatic carbocycles. The van der Waals surface area contributed by atoms with Crippen molar-refractivity contribution in [1.82, 2.24) is 5.32 Å². The topological polar surface area (TPSA) is 12.0 Å². The van der Waals surface area contributed by atoms with Crippen LogP contribution in [0.15, 0.2) is 23.1 Å². The number of benzene rings is 1. The van der Waals surface area contributed by atoms with Gasteiger partial charge in [0.2, 0.25) is 0 Å². The average molecular weight is 317 g/mol. The van der Waals surface area contributed by atoms with E-state index in [2.05, 4.69) is 5.32 Å². The molecular formula is C16H22F3NS. The lowest BCUT2D eigenvalue weighted by Crippen LogP contribution is -2.16. The van der Waals surface area contributed by atoms with Crippen molar-refractivity contribution >= 4 is 11.8 Å². The Morgan fingerprint density at radius 3 is 2.52 bits per heavy atom. The van der Waals surface area contributed by atoms with E-state index in [1.807, 2.05) is 26.1 Å². The Hall–Kier alpha value is -0.680. The van der Waals surface area contributed by atoms with Gasteiger partial charge in [-0.15, -0.1) is 0 Å². The van der Waals surface area contributed by atoms with Crippen LogP contribution in [0.1, 0.15) is 55.6 Å². The summed E-state index contributed by atoms with van der Waals surface area (Å²) in [7, 11) is 1.82. The van der Waals surface area contributed by atoms with Crippen LogP contribution in [0.2, 0.25) is 0 Å². The highest BCUT2D eigenvalue weighted by Crippen LogP contribution is 2.43. The van der Waals surface area contributed by atoms with Gasteiger partial charge in [0.15, 0.2) is 0 Å². The van der Waals surface area contributed by atoms with Gasteiger partial charge >= 0.3 is 5.51 Å². The summed E-state index contributed by atoms with van der Waals surface area (Å²) in [5.74, 6) is 0.503. The molecule has 21 heavy (non-hydrogen) atoms. The molecule has 5 heteroatoms. The number of halogens is 3. The largest absolute Gasteiger partial charge is 0.446 e. The minimum absolute atomic E-state index is 0.0267. The van der Waals surface area contributed by atoms with Crippen molar-refractivity contribution in [3.8, 4) is 0 Å². The molecule has 0 aliphatic heterocycles. The zero-order valence-corrected chi connectivity index (χ0v) is 13.3. The fourth-order valence-corrected chi connectivity index (χ4v) is 3.93. The van der Waals surface area contributed by atoms with Gasteiger partial charge < -0.3 is 5.32 Å². The number of hydrogen-bond donors (Lipinski definition) is 1. The van der Waals surface area contributed by atoms with Crippen molar-refractivity contribution < 1.29 is 13.2 Å². The van der Waals surface area contributed by atoms with Crippen molar-refractivity contribution in [2.75, 3.05) is 13.6 Å². The van der Waals surface area contributed by atoms with Crippen LogP contribution in [0.4, 0.5) is 13.2 Å². The Kier molecular flexibility index (Phi) is 5.60. The molecule has 1 atom stereocenters. The van der Waals surface area contributed by atoms with Crippen LogP contribution in [0.3, 0.4) is 0 Å². The minimum atomic E-state index is -4.23. The molecule has 118 valence electrons. The SMILES string of the molecule is CNCC(C)c1ccc(C2CCCC2)cc1SC(F)(F)F. The molecule has 1 aromatic carbocycles. The summed E-state index contributed by atoms with van der Waals surface area (Å²) < 4.78 is 38.5. The highest BCUT2D eigenvalue weighted by atomic mass is 32.2.